The van der Waals surface area contributed by atoms with Gasteiger partial charge in [-0.25, -0.2) is 0 Å². The molecule has 0 aromatic carbocycles. The minimum absolute atomic E-state index is 0.199. The van der Waals surface area contributed by atoms with Crippen LogP contribution in [-0.4, -0.2) is 29.9 Å². The largest absolute Gasteiger partial charge is 0.369 e. The van der Waals surface area contributed by atoms with Crippen LogP contribution in [0.2, 0.25) is 0 Å². The second-order valence-electron chi connectivity index (χ2n) is 5.22. The monoisotopic (exact) mass is 212 g/mol. The first-order valence-electron chi connectivity index (χ1n) is 6.03. The van der Waals surface area contributed by atoms with Crippen LogP contribution in [0.1, 0.15) is 40.0 Å². The predicted octanol–water partition coefficient (Wildman–Crippen LogP) is 1.62. The third-order valence-electron chi connectivity index (χ3n) is 3.46. The second kappa shape index (κ2) is 5.50. The Labute approximate surface area is 93.0 Å². The summed E-state index contributed by atoms with van der Waals surface area (Å²) in [5.74, 6) is 1.19. The number of hydrogen-bond donors (Lipinski definition) is 1. The maximum absolute atomic E-state index is 11.0. The lowest BCUT2D eigenvalue weighted by molar-refractivity contribution is -0.119. The molecule has 0 aromatic heterocycles. The van der Waals surface area contributed by atoms with Crippen LogP contribution < -0.4 is 5.73 Å². The van der Waals surface area contributed by atoms with Gasteiger partial charge in [-0.15, -0.1) is 0 Å². The van der Waals surface area contributed by atoms with E-state index in [0.717, 1.165) is 12.5 Å². The van der Waals surface area contributed by atoms with Crippen molar-refractivity contribution in [1.29, 1.82) is 0 Å². The van der Waals surface area contributed by atoms with Gasteiger partial charge in [0.05, 0.1) is 6.54 Å². The summed E-state index contributed by atoms with van der Waals surface area (Å²) < 4.78 is 0. The SMILES string of the molecule is CC(C)[C@H]1CC[C@@H](C)CCN1CC(N)=O. The molecule has 1 amide bonds. The smallest absolute Gasteiger partial charge is 0.231 e. The number of likely N-dealkylation sites (tertiary alicyclic amines) is 1. The highest BCUT2D eigenvalue weighted by atomic mass is 16.1. The quantitative estimate of drug-likeness (QED) is 0.772. The van der Waals surface area contributed by atoms with Crippen molar-refractivity contribution in [3.8, 4) is 0 Å². The molecule has 88 valence electrons. The van der Waals surface area contributed by atoms with Gasteiger partial charge < -0.3 is 5.73 Å². The van der Waals surface area contributed by atoms with Gasteiger partial charge in [0.15, 0.2) is 0 Å². The van der Waals surface area contributed by atoms with E-state index in [9.17, 15) is 4.79 Å². The first-order chi connectivity index (χ1) is 7.00. The topological polar surface area (TPSA) is 46.3 Å². The Morgan fingerprint density at radius 1 is 1.40 bits per heavy atom. The fourth-order valence-electron chi connectivity index (χ4n) is 2.49. The zero-order valence-corrected chi connectivity index (χ0v) is 10.2. The van der Waals surface area contributed by atoms with Gasteiger partial charge in [-0.1, -0.05) is 20.8 Å². The number of carbonyl (C=O) groups is 1. The van der Waals surface area contributed by atoms with Gasteiger partial charge in [0, 0.05) is 6.04 Å². The molecule has 1 fully saturated rings. The summed E-state index contributed by atoms with van der Waals surface area (Å²) in [6.07, 6.45) is 3.67. The highest BCUT2D eigenvalue weighted by Gasteiger charge is 2.26. The third-order valence-corrected chi connectivity index (χ3v) is 3.46. The molecule has 0 aliphatic carbocycles. The highest BCUT2D eigenvalue weighted by molar-refractivity contribution is 5.75. The maximum Gasteiger partial charge on any atom is 0.231 e. The summed E-state index contributed by atoms with van der Waals surface area (Å²) in [5.41, 5.74) is 5.29. The number of nitrogens with zero attached hydrogens (tertiary/aromatic N) is 1. The first kappa shape index (κ1) is 12.5. The van der Waals surface area contributed by atoms with Crippen molar-refractivity contribution in [3.05, 3.63) is 0 Å². The molecular weight excluding hydrogens is 188 g/mol. The molecule has 1 heterocycles. The van der Waals surface area contributed by atoms with Crippen LogP contribution in [0.3, 0.4) is 0 Å². The third kappa shape index (κ3) is 3.82. The summed E-state index contributed by atoms with van der Waals surface area (Å²) in [7, 11) is 0. The normalized spacial score (nSPS) is 29.1. The van der Waals surface area contributed by atoms with Crippen molar-refractivity contribution in [3.63, 3.8) is 0 Å². The fraction of sp³-hybridized carbons (Fsp3) is 0.917. The molecule has 0 aromatic rings. The van der Waals surface area contributed by atoms with Crippen LogP contribution in [0.4, 0.5) is 0 Å². The Morgan fingerprint density at radius 3 is 2.60 bits per heavy atom. The molecule has 3 nitrogen and oxygen atoms in total. The number of rotatable bonds is 3. The van der Waals surface area contributed by atoms with Crippen LogP contribution in [0.15, 0.2) is 0 Å². The lowest BCUT2D eigenvalue weighted by Crippen LogP contribution is -2.43. The number of nitrogens with two attached hydrogens (primary N) is 1. The van der Waals surface area contributed by atoms with Gasteiger partial charge in [0.2, 0.25) is 5.91 Å². The standard InChI is InChI=1S/C12H24N2O/c1-9(2)11-5-4-10(3)6-7-14(11)8-12(13)15/h9-11H,4-8H2,1-3H3,(H2,13,15)/t10-,11-/m1/s1. The average Bonchev–Trinajstić information content (AvgIpc) is 2.28. The van der Waals surface area contributed by atoms with Gasteiger partial charge in [-0.3, -0.25) is 9.69 Å². The van der Waals surface area contributed by atoms with E-state index in [0.29, 0.717) is 18.5 Å². The molecule has 0 radical (unpaired) electrons. The van der Waals surface area contributed by atoms with Crippen molar-refractivity contribution >= 4 is 5.91 Å². The van der Waals surface area contributed by atoms with Crippen molar-refractivity contribution in [2.75, 3.05) is 13.1 Å². The molecule has 15 heavy (non-hydrogen) atoms. The van der Waals surface area contributed by atoms with E-state index in [-0.39, 0.29) is 5.91 Å². The summed E-state index contributed by atoms with van der Waals surface area (Å²) in [4.78, 5) is 13.3. The van der Waals surface area contributed by atoms with Crippen LogP contribution >= 0.6 is 0 Å². The summed E-state index contributed by atoms with van der Waals surface area (Å²) in [6.45, 7) is 8.21. The molecule has 0 saturated carbocycles. The van der Waals surface area contributed by atoms with Crippen LogP contribution in [0.5, 0.6) is 0 Å². The first-order valence-corrected chi connectivity index (χ1v) is 6.03. The molecule has 0 bridgehead atoms. The molecule has 2 atom stereocenters. The fourth-order valence-corrected chi connectivity index (χ4v) is 2.49. The Morgan fingerprint density at radius 2 is 2.07 bits per heavy atom. The molecule has 0 unspecified atom stereocenters. The van der Waals surface area contributed by atoms with Gasteiger partial charge in [-0.2, -0.15) is 0 Å². The molecule has 1 aliphatic heterocycles. The minimum Gasteiger partial charge on any atom is -0.369 e. The lowest BCUT2D eigenvalue weighted by atomic mass is 9.95. The summed E-state index contributed by atoms with van der Waals surface area (Å²) >= 11 is 0. The Bertz CT molecular complexity index is 216. The van der Waals surface area contributed by atoms with Crippen molar-refractivity contribution in [2.24, 2.45) is 17.6 Å². The van der Waals surface area contributed by atoms with Crippen LogP contribution in [0.25, 0.3) is 0 Å². The maximum atomic E-state index is 11.0. The minimum atomic E-state index is -0.199. The number of hydrogen-bond acceptors (Lipinski definition) is 2. The molecule has 1 rings (SSSR count). The van der Waals surface area contributed by atoms with Crippen molar-refractivity contribution in [1.82, 2.24) is 4.90 Å². The van der Waals surface area contributed by atoms with E-state index >= 15 is 0 Å². The summed E-state index contributed by atoms with van der Waals surface area (Å²) in [6, 6.07) is 0.530. The molecule has 1 aliphatic rings. The van der Waals surface area contributed by atoms with E-state index in [2.05, 4.69) is 25.7 Å². The van der Waals surface area contributed by atoms with Crippen molar-refractivity contribution < 1.29 is 4.79 Å². The molecular formula is C12H24N2O. The molecule has 3 heteroatoms. The summed E-state index contributed by atoms with van der Waals surface area (Å²) in [5, 5.41) is 0. The predicted molar refractivity (Wildman–Crippen MR) is 62.4 cm³/mol. The number of carbonyl (C=O) groups excluding carboxylic acids is 1. The van der Waals surface area contributed by atoms with Gasteiger partial charge in [-0.05, 0) is 37.6 Å². The Hall–Kier alpha value is -0.570. The van der Waals surface area contributed by atoms with E-state index in [1.54, 1.807) is 0 Å². The van der Waals surface area contributed by atoms with E-state index in [4.69, 9.17) is 5.73 Å². The molecule has 0 spiro atoms. The van der Waals surface area contributed by atoms with Crippen molar-refractivity contribution in [2.45, 2.75) is 46.1 Å². The van der Waals surface area contributed by atoms with Gasteiger partial charge in [0.1, 0.15) is 0 Å². The Kier molecular flexibility index (Phi) is 4.58. The van der Waals surface area contributed by atoms with Crippen LogP contribution in [-0.2, 0) is 4.79 Å². The average molecular weight is 212 g/mol. The number of amides is 1. The van der Waals surface area contributed by atoms with Gasteiger partial charge >= 0.3 is 0 Å². The van der Waals surface area contributed by atoms with E-state index < -0.39 is 0 Å². The zero-order chi connectivity index (χ0) is 11.4. The van der Waals surface area contributed by atoms with Gasteiger partial charge in [0.25, 0.3) is 0 Å². The number of primary amides is 1. The molecule has 2 N–H and O–H groups in total. The second-order valence-corrected chi connectivity index (χ2v) is 5.22. The van der Waals surface area contributed by atoms with Crippen LogP contribution in [0, 0.1) is 11.8 Å². The highest BCUT2D eigenvalue weighted by Crippen LogP contribution is 2.25. The zero-order valence-electron chi connectivity index (χ0n) is 10.2. The molecule has 1 saturated heterocycles. The lowest BCUT2D eigenvalue weighted by Gasteiger charge is -2.31. The van der Waals surface area contributed by atoms with E-state index in [1.807, 2.05) is 0 Å². The Balaban J connectivity index is 2.64. The van der Waals surface area contributed by atoms with E-state index in [1.165, 1.54) is 19.3 Å².